The molecular formula is C20H20N2. The van der Waals surface area contributed by atoms with Crippen molar-refractivity contribution in [2.75, 3.05) is 0 Å². The Kier molecular flexibility index (Phi) is 3.76. The predicted molar refractivity (Wildman–Crippen MR) is 98.3 cm³/mol. The van der Waals surface area contributed by atoms with Gasteiger partial charge in [-0.2, -0.15) is 0 Å². The monoisotopic (exact) mass is 288 g/mol. The highest BCUT2D eigenvalue weighted by atomic mass is 14.7. The van der Waals surface area contributed by atoms with Gasteiger partial charge in [-0.1, -0.05) is 12.1 Å². The van der Waals surface area contributed by atoms with Gasteiger partial charge in [0.05, 0.1) is 11.4 Å². The molecule has 0 atom stereocenters. The van der Waals surface area contributed by atoms with Crippen LogP contribution in [0.15, 0.2) is 58.5 Å². The van der Waals surface area contributed by atoms with E-state index in [0.29, 0.717) is 0 Å². The van der Waals surface area contributed by atoms with E-state index >= 15 is 0 Å². The molecule has 0 heterocycles. The molecule has 0 aliphatic rings. The van der Waals surface area contributed by atoms with Crippen molar-refractivity contribution in [2.45, 2.75) is 27.7 Å². The van der Waals surface area contributed by atoms with Crippen LogP contribution < -0.4 is 0 Å². The molecule has 3 aromatic rings. The average Bonchev–Trinajstić information content (AvgIpc) is 2.44. The van der Waals surface area contributed by atoms with Gasteiger partial charge in [-0.3, -0.25) is 9.98 Å². The largest absolute Gasteiger partial charge is 0.258 e. The smallest absolute Gasteiger partial charge is 0.0635 e. The third kappa shape index (κ3) is 3.06. The third-order valence-corrected chi connectivity index (χ3v) is 3.47. The molecule has 0 unspecified atom stereocenters. The van der Waals surface area contributed by atoms with E-state index in [0.717, 1.165) is 22.8 Å². The molecule has 0 N–H and O–H groups in total. The van der Waals surface area contributed by atoms with Gasteiger partial charge in [-0.05, 0) is 85.6 Å². The van der Waals surface area contributed by atoms with Crippen LogP contribution in [0, 0.1) is 0 Å². The zero-order valence-electron chi connectivity index (χ0n) is 13.5. The van der Waals surface area contributed by atoms with Gasteiger partial charge in [0.25, 0.3) is 0 Å². The van der Waals surface area contributed by atoms with Crippen molar-refractivity contribution < 1.29 is 0 Å². The summed E-state index contributed by atoms with van der Waals surface area (Å²) >= 11 is 0. The second-order valence-electron chi connectivity index (χ2n) is 6.03. The lowest BCUT2D eigenvalue weighted by molar-refractivity contribution is 1.49. The molecule has 0 spiro atoms. The molecule has 3 aromatic carbocycles. The van der Waals surface area contributed by atoms with Crippen LogP contribution in [0.1, 0.15) is 27.7 Å². The number of benzene rings is 3. The summed E-state index contributed by atoms with van der Waals surface area (Å²) in [6.45, 7) is 8.06. The molecule has 0 fully saturated rings. The molecule has 22 heavy (non-hydrogen) atoms. The minimum atomic E-state index is 1.01. The van der Waals surface area contributed by atoms with E-state index in [1.54, 1.807) is 0 Å². The Balaban J connectivity index is 2.17. The van der Waals surface area contributed by atoms with E-state index in [9.17, 15) is 0 Å². The van der Waals surface area contributed by atoms with Crippen molar-refractivity contribution in [3.63, 3.8) is 0 Å². The Morgan fingerprint density at radius 3 is 1.32 bits per heavy atom. The number of rotatable bonds is 2. The highest BCUT2D eigenvalue weighted by Gasteiger charge is 2.01. The van der Waals surface area contributed by atoms with Crippen LogP contribution in [0.5, 0.6) is 0 Å². The first kappa shape index (κ1) is 14.5. The van der Waals surface area contributed by atoms with Crippen molar-refractivity contribution in [3.05, 3.63) is 48.5 Å². The zero-order chi connectivity index (χ0) is 15.7. The number of hydrogen-bond donors (Lipinski definition) is 0. The fourth-order valence-electron chi connectivity index (χ4n) is 2.63. The lowest BCUT2D eigenvalue weighted by atomic mass is 10.0. The number of hydrogen-bond acceptors (Lipinski definition) is 2. The SMILES string of the molecule is CC(C)=Nc1ccc2cc3cc(N=C(C)C)ccc3cc2c1. The normalized spacial score (nSPS) is 10.7. The molecule has 3 rings (SSSR count). The van der Waals surface area contributed by atoms with Gasteiger partial charge in [0.2, 0.25) is 0 Å². The van der Waals surface area contributed by atoms with Crippen LogP contribution in [0.25, 0.3) is 21.5 Å². The van der Waals surface area contributed by atoms with E-state index in [1.807, 2.05) is 27.7 Å². The first-order valence-electron chi connectivity index (χ1n) is 7.53. The van der Waals surface area contributed by atoms with Crippen LogP contribution in [-0.4, -0.2) is 11.4 Å². The Morgan fingerprint density at radius 2 is 0.955 bits per heavy atom. The first-order chi connectivity index (χ1) is 10.5. The molecule has 0 amide bonds. The summed E-state index contributed by atoms with van der Waals surface area (Å²) in [6.07, 6.45) is 0. The Bertz CT molecular complexity index is 832. The maximum Gasteiger partial charge on any atom is 0.0635 e. The lowest BCUT2D eigenvalue weighted by Crippen LogP contribution is -1.81. The maximum absolute atomic E-state index is 4.54. The highest BCUT2D eigenvalue weighted by molar-refractivity contribution is 6.00. The van der Waals surface area contributed by atoms with Crippen LogP contribution in [-0.2, 0) is 0 Å². The average molecular weight is 288 g/mol. The van der Waals surface area contributed by atoms with E-state index in [1.165, 1.54) is 21.5 Å². The molecule has 110 valence electrons. The van der Waals surface area contributed by atoms with Gasteiger partial charge in [-0.25, -0.2) is 0 Å². The fourth-order valence-corrected chi connectivity index (χ4v) is 2.63. The molecule has 0 aliphatic heterocycles. The summed E-state index contributed by atoms with van der Waals surface area (Å²) in [5.74, 6) is 0. The quantitative estimate of drug-likeness (QED) is 0.395. The topological polar surface area (TPSA) is 24.7 Å². The molecule has 0 radical (unpaired) electrons. The van der Waals surface area contributed by atoms with E-state index in [4.69, 9.17) is 0 Å². The lowest BCUT2D eigenvalue weighted by Gasteiger charge is -2.05. The van der Waals surface area contributed by atoms with Gasteiger partial charge in [0.1, 0.15) is 0 Å². The van der Waals surface area contributed by atoms with Crippen LogP contribution in [0.3, 0.4) is 0 Å². The number of fused-ring (bicyclic) bond motifs is 2. The molecule has 0 saturated heterocycles. The van der Waals surface area contributed by atoms with Gasteiger partial charge in [0, 0.05) is 11.4 Å². The molecule has 0 aliphatic carbocycles. The minimum absolute atomic E-state index is 1.01. The van der Waals surface area contributed by atoms with Gasteiger partial charge < -0.3 is 0 Å². The van der Waals surface area contributed by atoms with E-state index in [-0.39, 0.29) is 0 Å². The van der Waals surface area contributed by atoms with Crippen molar-refractivity contribution in [2.24, 2.45) is 9.98 Å². The highest BCUT2D eigenvalue weighted by Crippen LogP contribution is 2.29. The van der Waals surface area contributed by atoms with Crippen molar-refractivity contribution in [1.82, 2.24) is 0 Å². The Labute approximate surface area is 131 Å². The second-order valence-corrected chi connectivity index (χ2v) is 6.03. The summed E-state index contributed by atoms with van der Waals surface area (Å²) < 4.78 is 0. The molecule has 0 aromatic heterocycles. The van der Waals surface area contributed by atoms with Gasteiger partial charge >= 0.3 is 0 Å². The molecule has 0 bridgehead atoms. The summed E-state index contributed by atoms with van der Waals surface area (Å²) in [7, 11) is 0. The maximum atomic E-state index is 4.54. The van der Waals surface area contributed by atoms with E-state index < -0.39 is 0 Å². The Morgan fingerprint density at radius 1 is 0.545 bits per heavy atom. The molecular weight excluding hydrogens is 268 g/mol. The summed E-state index contributed by atoms with van der Waals surface area (Å²) in [5.41, 5.74) is 4.15. The zero-order valence-corrected chi connectivity index (χ0v) is 13.5. The number of aliphatic imine (C=N–C) groups is 2. The van der Waals surface area contributed by atoms with Crippen molar-refractivity contribution >= 4 is 44.3 Å². The van der Waals surface area contributed by atoms with Gasteiger partial charge in [0.15, 0.2) is 0 Å². The molecule has 0 saturated carbocycles. The minimum Gasteiger partial charge on any atom is -0.258 e. The second kappa shape index (κ2) is 5.72. The standard InChI is InChI=1S/C20H20N2/c1-13(2)21-19-7-5-15-10-18-12-20(22-14(3)4)8-6-16(18)9-17(15)11-19/h5-12H,1-4H3. The van der Waals surface area contributed by atoms with Crippen molar-refractivity contribution in [1.29, 1.82) is 0 Å². The predicted octanol–water partition coefficient (Wildman–Crippen LogP) is 6.22. The summed E-state index contributed by atoms with van der Waals surface area (Å²) in [6, 6.07) is 17.1. The fraction of sp³-hybridized carbons (Fsp3) is 0.200. The first-order valence-corrected chi connectivity index (χ1v) is 7.53. The number of nitrogens with zero attached hydrogens (tertiary/aromatic N) is 2. The van der Waals surface area contributed by atoms with Crippen LogP contribution >= 0.6 is 0 Å². The van der Waals surface area contributed by atoms with Crippen LogP contribution in [0.4, 0.5) is 11.4 Å². The molecule has 2 nitrogen and oxygen atoms in total. The van der Waals surface area contributed by atoms with Crippen LogP contribution in [0.2, 0.25) is 0 Å². The summed E-state index contributed by atoms with van der Waals surface area (Å²) in [5, 5.41) is 4.90. The van der Waals surface area contributed by atoms with E-state index in [2.05, 4.69) is 58.5 Å². The van der Waals surface area contributed by atoms with Crippen molar-refractivity contribution in [3.8, 4) is 0 Å². The third-order valence-electron chi connectivity index (χ3n) is 3.47. The molecule has 2 heteroatoms. The summed E-state index contributed by atoms with van der Waals surface area (Å²) in [4.78, 5) is 9.07. The van der Waals surface area contributed by atoms with Gasteiger partial charge in [-0.15, -0.1) is 0 Å². The Hall–Kier alpha value is -2.48.